The van der Waals surface area contributed by atoms with Gasteiger partial charge in [-0.2, -0.15) is 8.78 Å². The number of carbonyl (C=O) groups excluding carboxylic acids is 2. The second-order valence-corrected chi connectivity index (χ2v) is 8.56. The van der Waals surface area contributed by atoms with Crippen LogP contribution in [0.4, 0.5) is 22.0 Å². The lowest BCUT2D eigenvalue weighted by Gasteiger charge is -2.16. The first-order chi connectivity index (χ1) is 17.0. The fourth-order valence-corrected chi connectivity index (χ4v) is 3.75. The van der Waals surface area contributed by atoms with Crippen LogP contribution in [0.15, 0.2) is 46.6 Å². The van der Waals surface area contributed by atoms with Crippen LogP contribution in [0.2, 0.25) is 0 Å². The summed E-state index contributed by atoms with van der Waals surface area (Å²) in [6, 6.07) is 9.81. The van der Waals surface area contributed by atoms with Crippen molar-refractivity contribution in [2.75, 3.05) is 0 Å². The van der Waals surface area contributed by atoms with E-state index in [9.17, 15) is 31.5 Å². The second kappa shape index (κ2) is 9.73. The van der Waals surface area contributed by atoms with Crippen LogP contribution in [0.25, 0.3) is 6.08 Å². The van der Waals surface area contributed by atoms with E-state index in [4.69, 9.17) is 14.2 Å². The summed E-state index contributed by atoms with van der Waals surface area (Å²) < 4.78 is 84.1. The van der Waals surface area contributed by atoms with Gasteiger partial charge >= 0.3 is 5.97 Å². The fraction of sp³-hybridized carbons (Fsp3) is 0.120. The third-order valence-corrected chi connectivity index (χ3v) is 5.68. The molecule has 0 aromatic heterocycles. The van der Waals surface area contributed by atoms with Crippen molar-refractivity contribution >= 4 is 33.8 Å². The van der Waals surface area contributed by atoms with Crippen LogP contribution in [-0.2, 0) is 4.79 Å². The van der Waals surface area contributed by atoms with Gasteiger partial charge in [-0.15, -0.1) is 0 Å². The van der Waals surface area contributed by atoms with Crippen LogP contribution in [-0.4, -0.2) is 17.9 Å². The van der Waals surface area contributed by atoms with E-state index < -0.39 is 52.7 Å². The van der Waals surface area contributed by atoms with Crippen molar-refractivity contribution in [3.05, 3.63) is 92.4 Å². The molecule has 36 heavy (non-hydrogen) atoms. The van der Waals surface area contributed by atoms with Gasteiger partial charge in [-0.3, -0.25) is 4.79 Å². The van der Waals surface area contributed by atoms with Crippen molar-refractivity contribution in [1.82, 2.24) is 0 Å². The molecule has 11 heteroatoms. The van der Waals surface area contributed by atoms with E-state index in [-0.39, 0.29) is 28.4 Å². The molecular formula is C25H14BrF5O5. The standard InChI is InChI=1S/C25H14BrF5O5/c1-10-15(36-25(33)11(2)34-24-20(30)18(28)17(27)19(29)21(24)31)7-6-14-22(32)16(35-23(10)14)9-12-4-3-5-13(26)8-12/h3-9,11H,1-2H3/b16-9-. The summed E-state index contributed by atoms with van der Waals surface area (Å²) in [6.45, 7) is 2.51. The normalized spacial score (nSPS) is 14.4. The van der Waals surface area contributed by atoms with Gasteiger partial charge in [-0.05, 0) is 49.8 Å². The Morgan fingerprint density at radius 1 is 1.00 bits per heavy atom. The molecule has 0 saturated heterocycles. The number of hydrogen-bond donors (Lipinski definition) is 0. The maximum Gasteiger partial charge on any atom is 0.352 e. The maximum absolute atomic E-state index is 13.9. The maximum atomic E-state index is 13.9. The Kier molecular flexibility index (Phi) is 6.85. The van der Waals surface area contributed by atoms with Crippen molar-refractivity contribution in [3.63, 3.8) is 0 Å². The number of rotatable bonds is 5. The first kappa shape index (κ1) is 25.4. The molecule has 1 atom stereocenters. The molecule has 5 nitrogen and oxygen atoms in total. The lowest BCUT2D eigenvalue weighted by Crippen LogP contribution is -2.29. The zero-order chi connectivity index (χ0) is 26.3. The second-order valence-electron chi connectivity index (χ2n) is 7.64. The lowest BCUT2D eigenvalue weighted by molar-refractivity contribution is -0.141. The van der Waals surface area contributed by atoms with Gasteiger partial charge in [-0.1, -0.05) is 28.1 Å². The minimum absolute atomic E-state index is 0.0395. The fourth-order valence-electron chi connectivity index (χ4n) is 3.33. The number of benzene rings is 3. The molecule has 0 N–H and O–H groups in total. The predicted molar refractivity (Wildman–Crippen MR) is 120 cm³/mol. The zero-order valence-corrected chi connectivity index (χ0v) is 20.0. The van der Waals surface area contributed by atoms with Crippen molar-refractivity contribution in [2.45, 2.75) is 20.0 Å². The molecular weight excluding hydrogens is 555 g/mol. The van der Waals surface area contributed by atoms with Crippen LogP contribution < -0.4 is 14.2 Å². The van der Waals surface area contributed by atoms with Crippen LogP contribution in [0.3, 0.4) is 0 Å². The smallest absolute Gasteiger partial charge is 0.352 e. The number of hydrogen-bond acceptors (Lipinski definition) is 5. The van der Waals surface area contributed by atoms with E-state index >= 15 is 0 Å². The van der Waals surface area contributed by atoms with E-state index in [1.165, 1.54) is 25.1 Å². The predicted octanol–water partition coefficient (Wildman–Crippen LogP) is 6.44. The highest BCUT2D eigenvalue weighted by Gasteiger charge is 2.32. The van der Waals surface area contributed by atoms with Gasteiger partial charge < -0.3 is 14.2 Å². The number of fused-ring (bicyclic) bond motifs is 1. The Bertz CT molecular complexity index is 1420. The number of halogens is 6. The van der Waals surface area contributed by atoms with E-state index in [2.05, 4.69) is 15.9 Å². The number of Topliss-reactive ketones (excluding diaryl/α,β-unsaturated/α-hetero) is 1. The summed E-state index contributed by atoms with van der Waals surface area (Å²) >= 11 is 3.34. The number of esters is 1. The summed E-state index contributed by atoms with van der Waals surface area (Å²) in [6.07, 6.45) is -0.224. The van der Waals surface area contributed by atoms with Gasteiger partial charge in [0.1, 0.15) is 11.5 Å². The van der Waals surface area contributed by atoms with E-state index in [1.54, 1.807) is 18.2 Å². The molecule has 1 aliphatic heterocycles. The van der Waals surface area contributed by atoms with Gasteiger partial charge in [0, 0.05) is 10.0 Å². The first-order valence-electron chi connectivity index (χ1n) is 10.2. The van der Waals surface area contributed by atoms with E-state index in [0.29, 0.717) is 5.56 Å². The topological polar surface area (TPSA) is 61.8 Å². The number of ether oxygens (including phenoxy) is 3. The highest BCUT2D eigenvalue weighted by Crippen LogP contribution is 2.39. The molecule has 0 aliphatic carbocycles. The Labute approximate surface area is 209 Å². The van der Waals surface area contributed by atoms with Crippen molar-refractivity contribution in [3.8, 4) is 17.2 Å². The summed E-state index contributed by atoms with van der Waals surface area (Å²) in [4.78, 5) is 25.2. The Hall–Kier alpha value is -3.73. The molecule has 0 bridgehead atoms. The first-order valence-corrected chi connectivity index (χ1v) is 11.0. The molecule has 0 radical (unpaired) electrons. The number of ketones is 1. The van der Waals surface area contributed by atoms with Gasteiger partial charge in [-0.25, -0.2) is 18.0 Å². The highest BCUT2D eigenvalue weighted by molar-refractivity contribution is 9.10. The van der Waals surface area contributed by atoms with Gasteiger partial charge in [0.25, 0.3) is 0 Å². The summed E-state index contributed by atoms with van der Waals surface area (Å²) in [5.74, 6) is -14.3. The lowest BCUT2D eigenvalue weighted by atomic mass is 10.1. The average Bonchev–Trinajstić information content (AvgIpc) is 3.16. The summed E-state index contributed by atoms with van der Waals surface area (Å²) in [5, 5.41) is 0. The highest BCUT2D eigenvalue weighted by atomic mass is 79.9. The number of carbonyl (C=O) groups is 2. The molecule has 3 aromatic rings. The quantitative estimate of drug-likeness (QED) is 0.0884. The molecule has 0 amide bonds. The molecule has 0 spiro atoms. The van der Waals surface area contributed by atoms with Crippen LogP contribution in [0, 0.1) is 36.0 Å². The SMILES string of the molecule is Cc1c(OC(=O)C(C)Oc2c(F)c(F)c(F)c(F)c2F)ccc2c1O/C(=C\c1cccc(Br)c1)C2=O. The van der Waals surface area contributed by atoms with Crippen LogP contribution in [0.5, 0.6) is 17.2 Å². The van der Waals surface area contributed by atoms with E-state index in [1.807, 2.05) is 6.07 Å². The minimum Gasteiger partial charge on any atom is -0.473 e. The molecule has 4 rings (SSSR count). The van der Waals surface area contributed by atoms with Gasteiger partial charge in [0.15, 0.2) is 17.6 Å². The van der Waals surface area contributed by atoms with Crippen molar-refractivity contribution in [2.24, 2.45) is 0 Å². The van der Waals surface area contributed by atoms with Gasteiger partial charge in [0.2, 0.25) is 34.9 Å². The Morgan fingerprint density at radius 2 is 1.64 bits per heavy atom. The van der Waals surface area contributed by atoms with Gasteiger partial charge in [0.05, 0.1) is 5.56 Å². The third kappa shape index (κ3) is 4.58. The Morgan fingerprint density at radius 3 is 2.28 bits per heavy atom. The third-order valence-electron chi connectivity index (χ3n) is 5.19. The summed E-state index contributed by atoms with van der Waals surface area (Å²) in [5.41, 5.74) is 1.18. The molecule has 1 aliphatic rings. The molecule has 1 heterocycles. The largest absolute Gasteiger partial charge is 0.473 e. The van der Waals surface area contributed by atoms with Crippen LogP contribution in [0.1, 0.15) is 28.4 Å². The molecule has 186 valence electrons. The zero-order valence-electron chi connectivity index (χ0n) is 18.4. The van der Waals surface area contributed by atoms with Crippen LogP contribution >= 0.6 is 15.9 Å². The average molecular weight is 569 g/mol. The monoisotopic (exact) mass is 568 g/mol. The molecule has 1 unspecified atom stereocenters. The molecule has 0 fully saturated rings. The van der Waals surface area contributed by atoms with Crippen molar-refractivity contribution < 1.29 is 45.8 Å². The van der Waals surface area contributed by atoms with E-state index in [0.717, 1.165) is 11.4 Å². The number of allylic oxidation sites excluding steroid dienone is 1. The minimum atomic E-state index is -2.36. The summed E-state index contributed by atoms with van der Waals surface area (Å²) in [7, 11) is 0. The van der Waals surface area contributed by atoms with Crippen molar-refractivity contribution in [1.29, 1.82) is 0 Å². The Balaban J connectivity index is 1.54. The molecule has 3 aromatic carbocycles. The molecule has 0 saturated carbocycles.